The summed E-state index contributed by atoms with van der Waals surface area (Å²) in [6.45, 7) is 2.78. The van der Waals surface area contributed by atoms with E-state index in [1.807, 2.05) is 24.3 Å². The molecule has 4 heteroatoms. The molecule has 0 aliphatic heterocycles. The van der Waals surface area contributed by atoms with Gasteiger partial charge in [0.25, 0.3) is 0 Å². The number of hydrogen-bond acceptors (Lipinski definition) is 4. The summed E-state index contributed by atoms with van der Waals surface area (Å²) in [5.41, 5.74) is 0. The van der Waals surface area contributed by atoms with Crippen molar-refractivity contribution in [1.82, 2.24) is 0 Å². The van der Waals surface area contributed by atoms with Gasteiger partial charge in [-0.2, -0.15) is 0 Å². The third kappa shape index (κ3) is 2.82. The van der Waals surface area contributed by atoms with Crippen LogP contribution in [-0.4, -0.2) is 31.7 Å². The van der Waals surface area contributed by atoms with E-state index in [-0.39, 0.29) is 11.9 Å². The first-order valence-electron chi connectivity index (χ1n) is 6.19. The minimum atomic E-state index is -0.416. The lowest BCUT2D eigenvalue weighted by Gasteiger charge is -2.33. The molecule has 1 aliphatic rings. The van der Waals surface area contributed by atoms with Crippen LogP contribution < -0.4 is 9.47 Å². The number of benzene rings is 1. The monoisotopic (exact) mass is 250 g/mol. The Morgan fingerprint density at radius 3 is 2.44 bits per heavy atom. The Morgan fingerprint density at radius 2 is 1.89 bits per heavy atom. The average Bonchev–Trinajstić information content (AvgIpc) is 2.37. The van der Waals surface area contributed by atoms with Crippen LogP contribution in [0.3, 0.4) is 0 Å². The van der Waals surface area contributed by atoms with Crippen LogP contribution in [0.5, 0.6) is 11.5 Å². The number of Topliss-reactive ketones (excluding diaryl/α,β-unsaturated/α-hetero) is 1. The van der Waals surface area contributed by atoms with E-state index < -0.39 is 6.10 Å². The van der Waals surface area contributed by atoms with Gasteiger partial charge in [-0.3, -0.25) is 4.79 Å². The van der Waals surface area contributed by atoms with Crippen molar-refractivity contribution in [2.24, 2.45) is 0 Å². The molecule has 98 valence electrons. The molecule has 1 fully saturated rings. The van der Waals surface area contributed by atoms with Crippen LogP contribution in [0.1, 0.15) is 19.8 Å². The summed E-state index contributed by atoms with van der Waals surface area (Å²) in [6, 6.07) is 7.43. The fraction of sp³-hybridized carbons (Fsp3) is 0.500. The standard InChI is InChI=1S/C14H18O4/c1-3-8-17-10-4-6-11(7-5-10)18-13-9-12(15)14(13)16-2/h4-7,13-14H,3,8-9H2,1-2H3. The number of ether oxygens (including phenoxy) is 3. The molecule has 0 spiro atoms. The summed E-state index contributed by atoms with van der Waals surface area (Å²) < 4.78 is 16.2. The van der Waals surface area contributed by atoms with E-state index >= 15 is 0 Å². The van der Waals surface area contributed by atoms with Gasteiger partial charge in [-0.15, -0.1) is 0 Å². The van der Waals surface area contributed by atoms with Crippen molar-refractivity contribution in [1.29, 1.82) is 0 Å². The minimum Gasteiger partial charge on any atom is -0.494 e. The number of rotatable bonds is 6. The maximum Gasteiger partial charge on any atom is 0.169 e. The Bertz CT molecular complexity index is 399. The zero-order valence-electron chi connectivity index (χ0n) is 10.7. The van der Waals surface area contributed by atoms with Gasteiger partial charge in [0, 0.05) is 13.5 Å². The van der Waals surface area contributed by atoms with Crippen molar-refractivity contribution in [3.63, 3.8) is 0 Å². The van der Waals surface area contributed by atoms with Crippen molar-refractivity contribution in [2.45, 2.75) is 32.0 Å². The van der Waals surface area contributed by atoms with Crippen molar-refractivity contribution >= 4 is 5.78 Å². The summed E-state index contributed by atoms with van der Waals surface area (Å²) >= 11 is 0. The van der Waals surface area contributed by atoms with Gasteiger partial charge in [-0.05, 0) is 30.7 Å². The minimum absolute atomic E-state index is 0.102. The summed E-state index contributed by atoms with van der Waals surface area (Å²) in [5.74, 6) is 1.67. The van der Waals surface area contributed by atoms with Crippen LogP contribution in [0, 0.1) is 0 Å². The van der Waals surface area contributed by atoms with Gasteiger partial charge in [0.15, 0.2) is 11.9 Å². The summed E-state index contributed by atoms with van der Waals surface area (Å²) in [7, 11) is 1.53. The van der Waals surface area contributed by atoms with Gasteiger partial charge in [0.05, 0.1) is 6.61 Å². The molecule has 2 rings (SSSR count). The lowest BCUT2D eigenvalue weighted by atomic mass is 9.90. The van der Waals surface area contributed by atoms with Crippen LogP contribution in [0.4, 0.5) is 0 Å². The highest BCUT2D eigenvalue weighted by atomic mass is 16.5. The molecule has 2 unspecified atom stereocenters. The Labute approximate surface area is 107 Å². The molecule has 0 aromatic heterocycles. The van der Waals surface area contributed by atoms with E-state index in [9.17, 15) is 4.79 Å². The number of ketones is 1. The van der Waals surface area contributed by atoms with E-state index in [4.69, 9.17) is 14.2 Å². The molecule has 18 heavy (non-hydrogen) atoms. The molecule has 1 aliphatic carbocycles. The van der Waals surface area contributed by atoms with Crippen LogP contribution in [0.2, 0.25) is 0 Å². The number of methoxy groups -OCH3 is 1. The fourth-order valence-electron chi connectivity index (χ4n) is 1.86. The zero-order valence-corrected chi connectivity index (χ0v) is 10.7. The molecule has 0 radical (unpaired) electrons. The second-order valence-electron chi connectivity index (χ2n) is 4.30. The smallest absolute Gasteiger partial charge is 0.169 e. The van der Waals surface area contributed by atoms with Gasteiger partial charge in [-0.1, -0.05) is 6.92 Å². The average molecular weight is 250 g/mol. The molecule has 1 aromatic carbocycles. The molecule has 1 saturated carbocycles. The second kappa shape index (κ2) is 5.87. The molecule has 0 bridgehead atoms. The predicted molar refractivity (Wildman–Crippen MR) is 67.1 cm³/mol. The predicted octanol–water partition coefficient (Wildman–Crippen LogP) is 2.21. The van der Waals surface area contributed by atoms with Crippen LogP contribution in [-0.2, 0) is 9.53 Å². The SMILES string of the molecule is CCCOc1ccc(OC2CC(=O)C2OC)cc1. The molecule has 0 N–H and O–H groups in total. The van der Waals surface area contributed by atoms with E-state index in [2.05, 4.69) is 6.92 Å². The van der Waals surface area contributed by atoms with Gasteiger partial charge < -0.3 is 14.2 Å². The number of hydrogen-bond donors (Lipinski definition) is 0. The van der Waals surface area contributed by atoms with E-state index in [0.717, 1.165) is 17.9 Å². The fourth-order valence-corrected chi connectivity index (χ4v) is 1.86. The quantitative estimate of drug-likeness (QED) is 0.776. The first-order valence-corrected chi connectivity index (χ1v) is 6.19. The van der Waals surface area contributed by atoms with Gasteiger partial charge in [0.2, 0.25) is 0 Å². The third-order valence-electron chi connectivity index (χ3n) is 2.90. The van der Waals surface area contributed by atoms with Crippen LogP contribution in [0.25, 0.3) is 0 Å². The Morgan fingerprint density at radius 1 is 1.22 bits per heavy atom. The summed E-state index contributed by atoms with van der Waals surface area (Å²) in [5, 5.41) is 0. The Balaban J connectivity index is 1.88. The topological polar surface area (TPSA) is 44.8 Å². The molecule has 0 heterocycles. The first kappa shape index (κ1) is 12.9. The second-order valence-corrected chi connectivity index (χ2v) is 4.30. The number of carbonyl (C=O) groups excluding carboxylic acids is 1. The van der Waals surface area contributed by atoms with E-state index in [1.54, 1.807) is 0 Å². The maximum atomic E-state index is 11.2. The lowest BCUT2D eigenvalue weighted by molar-refractivity contribution is -0.150. The highest BCUT2D eigenvalue weighted by Gasteiger charge is 2.41. The summed E-state index contributed by atoms with van der Waals surface area (Å²) in [6.07, 6.45) is 0.829. The molecule has 2 atom stereocenters. The highest BCUT2D eigenvalue weighted by Crippen LogP contribution is 2.26. The van der Waals surface area contributed by atoms with Crippen molar-refractivity contribution in [3.05, 3.63) is 24.3 Å². The molecule has 4 nitrogen and oxygen atoms in total. The van der Waals surface area contributed by atoms with Crippen molar-refractivity contribution < 1.29 is 19.0 Å². The van der Waals surface area contributed by atoms with Gasteiger partial charge in [-0.25, -0.2) is 0 Å². The van der Waals surface area contributed by atoms with E-state index in [1.165, 1.54) is 7.11 Å². The van der Waals surface area contributed by atoms with Crippen LogP contribution >= 0.6 is 0 Å². The van der Waals surface area contributed by atoms with Crippen LogP contribution in [0.15, 0.2) is 24.3 Å². The van der Waals surface area contributed by atoms with Crippen molar-refractivity contribution in [2.75, 3.05) is 13.7 Å². The molecule has 0 saturated heterocycles. The molecule has 0 amide bonds. The Hall–Kier alpha value is -1.55. The molecular weight excluding hydrogens is 232 g/mol. The highest BCUT2D eigenvalue weighted by molar-refractivity contribution is 5.90. The van der Waals surface area contributed by atoms with Gasteiger partial charge >= 0.3 is 0 Å². The summed E-state index contributed by atoms with van der Waals surface area (Å²) in [4.78, 5) is 11.2. The first-order chi connectivity index (χ1) is 8.74. The Kier molecular flexibility index (Phi) is 4.20. The zero-order chi connectivity index (χ0) is 13.0. The molecular formula is C14H18O4. The van der Waals surface area contributed by atoms with E-state index in [0.29, 0.717) is 13.0 Å². The largest absolute Gasteiger partial charge is 0.494 e. The molecule has 1 aromatic rings. The maximum absolute atomic E-state index is 11.2. The normalized spacial score (nSPS) is 22.4. The van der Waals surface area contributed by atoms with Crippen molar-refractivity contribution in [3.8, 4) is 11.5 Å². The third-order valence-corrected chi connectivity index (χ3v) is 2.90. The lowest BCUT2D eigenvalue weighted by Crippen LogP contribution is -2.51. The number of carbonyl (C=O) groups is 1. The van der Waals surface area contributed by atoms with Gasteiger partial charge in [0.1, 0.15) is 17.6 Å².